The van der Waals surface area contributed by atoms with Gasteiger partial charge in [-0.05, 0) is 55.4 Å². The first-order chi connectivity index (χ1) is 8.58. The predicted molar refractivity (Wildman–Crippen MR) is 70.0 cm³/mol. The van der Waals surface area contributed by atoms with Gasteiger partial charge in [-0.2, -0.15) is 0 Å². The van der Waals surface area contributed by atoms with Crippen LogP contribution >= 0.6 is 0 Å². The SMILES string of the molecule is C[C@H]1C[C@@H](N)c2cc3c(cc2N1C(=O)O)CCC3. The highest BCUT2D eigenvalue weighted by Gasteiger charge is 2.33. The lowest BCUT2D eigenvalue weighted by Gasteiger charge is -2.36. The summed E-state index contributed by atoms with van der Waals surface area (Å²) < 4.78 is 0. The molecule has 1 heterocycles. The van der Waals surface area contributed by atoms with Gasteiger partial charge in [0, 0.05) is 12.1 Å². The van der Waals surface area contributed by atoms with Crippen molar-refractivity contribution in [3.05, 3.63) is 28.8 Å². The van der Waals surface area contributed by atoms with Gasteiger partial charge in [-0.25, -0.2) is 4.79 Å². The summed E-state index contributed by atoms with van der Waals surface area (Å²) in [5.41, 5.74) is 10.6. The van der Waals surface area contributed by atoms with E-state index in [1.807, 2.05) is 13.0 Å². The van der Waals surface area contributed by atoms with E-state index < -0.39 is 6.09 Å². The average Bonchev–Trinajstić information content (AvgIpc) is 2.73. The molecule has 0 saturated carbocycles. The van der Waals surface area contributed by atoms with Crippen molar-refractivity contribution in [2.45, 2.75) is 44.7 Å². The number of hydrogen-bond acceptors (Lipinski definition) is 2. The van der Waals surface area contributed by atoms with Gasteiger partial charge in [0.25, 0.3) is 0 Å². The fourth-order valence-corrected chi connectivity index (χ4v) is 3.26. The molecule has 1 aliphatic carbocycles. The van der Waals surface area contributed by atoms with E-state index in [1.54, 1.807) is 0 Å². The van der Waals surface area contributed by atoms with Crippen molar-refractivity contribution in [3.8, 4) is 0 Å². The van der Waals surface area contributed by atoms with Crippen molar-refractivity contribution in [2.24, 2.45) is 5.73 Å². The van der Waals surface area contributed by atoms with Gasteiger partial charge >= 0.3 is 6.09 Å². The minimum atomic E-state index is -0.881. The molecular formula is C14H18N2O2. The van der Waals surface area contributed by atoms with Crippen LogP contribution in [-0.4, -0.2) is 17.2 Å². The summed E-state index contributed by atoms with van der Waals surface area (Å²) in [6, 6.07) is 4.08. The summed E-state index contributed by atoms with van der Waals surface area (Å²) in [5, 5.41) is 9.38. The first kappa shape index (κ1) is 11.5. The Hall–Kier alpha value is -1.55. The molecule has 0 aromatic heterocycles. The fourth-order valence-electron chi connectivity index (χ4n) is 3.26. The molecule has 0 unspecified atom stereocenters. The Morgan fingerprint density at radius 2 is 2.06 bits per heavy atom. The van der Waals surface area contributed by atoms with E-state index in [4.69, 9.17) is 5.73 Å². The third kappa shape index (κ3) is 1.60. The number of fused-ring (bicyclic) bond motifs is 2. The van der Waals surface area contributed by atoms with Crippen LogP contribution in [0, 0.1) is 0 Å². The van der Waals surface area contributed by atoms with Crippen molar-refractivity contribution in [2.75, 3.05) is 4.90 Å². The van der Waals surface area contributed by atoms with Gasteiger partial charge < -0.3 is 10.8 Å². The van der Waals surface area contributed by atoms with E-state index in [1.165, 1.54) is 16.0 Å². The summed E-state index contributed by atoms with van der Waals surface area (Å²) in [5.74, 6) is 0. The topological polar surface area (TPSA) is 66.6 Å². The van der Waals surface area contributed by atoms with E-state index in [0.717, 1.165) is 30.5 Å². The molecule has 0 saturated heterocycles. The van der Waals surface area contributed by atoms with Crippen molar-refractivity contribution < 1.29 is 9.90 Å². The maximum Gasteiger partial charge on any atom is 0.412 e. The first-order valence-corrected chi connectivity index (χ1v) is 6.51. The normalized spacial score (nSPS) is 25.8. The van der Waals surface area contributed by atoms with Gasteiger partial charge in [-0.1, -0.05) is 6.07 Å². The molecule has 3 N–H and O–H groups in total. The summed E-state index contributed by atoms with van der Waals surface area (Å²) in [4.78, 5) is 12.9. The Kier molecular flexibility index (Phi) is 2.55. The molecule has 0 fully saturated rings. The van der Waals surface area contributed by atoms with Gasteiger partial charge in [0.15, 0.2) is 0 Å². The van der Waals surface area contributed by atoms with Crippen LogP contribution in [0.5, 0.6) is 0 Å². The van der Waals surface area contributed by atoms with Crippen LogP contribution in [0.3, 0.4) is 0 Å². The van der Waals surface area contributed by atoms with Crippen LogP contribution in [0.2, 0.25) is 0 Å². The Morgan fingerprint density at radius 3 is 2.72 bits per heavy atom. The smallest absolute Gasteiger partial charge is 0.412 e. The van der Waals surface area contributed by atoms with Gasteiger partial charge in [0.1, 0.15) is 0 Å². The third-order valence-corrected chi connectivity index (χ3v) is 4.14. The predicted octanol–water partition coefficient (Wildman–Crippen LogP) is 2.45. The second kappa shape index (κ2) is 3.99. The van der Waals surface area contributed by atoms with Gasteiger partial charge in [0.2, 0.25) is 0 Å². The van der Waals surface area contributed by atoms with Crippen LogP contribution in [0.25, 0.3) is 0 Å². The van der Waals surface area contributed by atoms with Crippen molar-refractivity contribution in [1.29, 1.82) is 0 Å². The highest BCUT2D eigenvalue weighted by atomic mass is 16.4. The second-order valence-corrected chi connectivity index (χ2v) is 5.38. The zero-order valence-corrected chi connectivity index (χ0v) is 10.5. The number of amides is 1. The monoisotopic (exact) mass is 246 g/mol. The highest BCUT2D eigenvalue weighted by molar-refractivity contribution is 5.89. The van der Waals surface area contributed by atoms with Crippen LogP contribution in [-0.2, 0) is 12.8 Å². The van der Waals surface area contributed by atoms with E-state index in [-0.39, 0.29) is 12.1 Å². The molecule has 4 nitrogen and oxygen atoms in total. The second-order valence-electron chi connectivity index (χ2n) is 5.38. The largest absolute Gasteiger partial charge is 0.465 e. The zero-order chi connectivity index (χ0) is 12.9. The molecule has 1 aromatic carbocycles. The molecule has 0 bridgehead atoms. The summed E-state index contributed by atoms with van der Waals surface area (Å²) in [6.07, 6.45) is 3.12. The maximum absolute atomic E-state index is 11.4. The number of carbonyl (C=O) groups is 1. The average molecular weight is 246 g/mol. The number of carboxylic acid groups (broad SMARTS) is 1. The quantitative estimate of drug-likeness (QED) is 0.739. The van der Waals surface area contributed by atoms with Crippen LogP contribution in [0.1, 0.15) is 42.5 Å². The van der Waals surface area contributed by atoms with E-state index >= 15 is 0 Å². The molecule has 96 valence electrons. The number of anilines is 1. The number of nitrogens with zero attached hydrogens (tertiary/aromatic N) is 1. The molecule has 2 atom stereocenters. The Labute approximate surface area is 106 Å². The fraction of sp³-hybridized carbons (Fsp3) is 0.500. The maximum atomic E-state index is 11.4. The van der Waals surface area contributed by atoms with Gasteiger partial charge in [-0.15, -0.1) is 0 Å². The Bertz CT molecular complexity index is 513. The molecule has 0 radical (unpaired) electrons. The minimum absolute atomic E-state index is 0.0449. The number of hydrogen-bond donors (Lipinski definition) is 2. The van der Waals surface area contributed by atoms with Gasteiger partial charge in [-0.3, -0.25) is 4.90 Å². The van der Waals surface area contributed by atoms with Crippen LogP contribution in [0.4, 0.5) is 10.5 Å². The van der Waals surface area contributed by atoms with Crippen molar-refractivity contribution in [1.82, 2.24) is 0 Å². The number of aryl methyl sites for hydroxylation is 2. The summed E-state index contributed by atoms with van der Waals surface area (Å²) in [6.45, 7) is 1.92. The van der Waals surface area contributed by atoms with E-state index in [2.05, 4.69) is 6.07 Å². The lowest BCUT2D eigenvalue weighted by atomic mass is 9.90. The van der Waals surface area contributed by atoms with Crippen LogP contribution < -0.4 is 10.6 Å². The summed E-state index contributed by atoms with van der Waals surface area (Å²) in [7, 11) is 0. The lowest BCUT2D eigenvalue weighted by Crippen LogP contribution is -2.44. The van der Waals surface area contributed by atoms with E-state index in [9.17, 15) is 9.90 Å². The van der Waals surface area contributed by atoms with Crippen molar-refractivity contribution in [3.63, 3.8) is 0 Å². The summed E-state index contributed by atoms with van der Waals surface area (Å²) >= 11 is 0. The standard InChI is InChI=1S/C14H18N2O2/c1-8-5-12(15)11-6-9-3-2-4-10(9)7-13(11)16(8)14(17)18/h6-8,12H,2-5,15H2,1H3,(H,17,18)/t8-,12+/m0/s1. The van der Waals surface area contributed by atoms with Gasteiger partial charge in [0.05, 0.1) is 5.69 Å². The molecule has 1 aromatic rings. The molecule has 4 heteroatoms. The molecule has 1 aliphatic heterocycles. The third-order valence-electron chi connectivity index (χ3n) is 4.14. The molecule has 1 amide bonds. The molecular weight excluding hydrogens is 228 g/mol. The van der Waals surface area contributed by atoms with Crippen LogP contribution in [0.15, 0.2) is 12.1 Å². The zero-order valence-electron chi connectivity index (χ0n) is 10.5. The Morgan fingerprint density at radius 1 is 1.39 bits per heavy atom. The van der Waals surface area contributed by atoms with Crippen molar-refractivity contribution >= 4 is 11.8 Å². The highest BCUT2D eigenvalue weighted by Crippen LogP contribution is 2.39. The number of nitrogens with two attached hydrogens (primary N) is 1. The molecule has 2 aliphatic rings. The molecule has 0 spiro atoms. The minimum Gasteiger partial charge on any atom is -0.465 e. The number of rotatable bonds is 0. The Balaban J connectivity index is 2.16. The molecule has 18 heavy (non-hydrogen) atoms. The first-order valence-electron chi connectivity index (χ1n) is 6.51. The molecule has 3 rings (SSSR count). The lowest BCUT2D eigenvalue weighted by molar-refractivity contribution is 0.198. The number of benzene rings is 1. The van der Waals surface area contributed by atoms with E-state index in [0.29, 0.717) is 6.42 Å².